The van der Waals surface area contributed by atoms with Crippen molar-refractivity contribution in [3.05, 3.63) is 29.3 Å². The predicted octanol–water partition coefficient (Wildman–Crippen LogP) is 1.43. The molecule has 1 heterocycles. The second-order valence-electron chi connectivity index (χ2n) is 4.65. The zero-order valence-corrected chi connectivity index (χ0v) is 11.3. The van der Waals surface area contributed by atoms with Crippen LogP contribution in [0.4, 0.5) is 18.9 Å². The maximum Gasteiger partial charge on any atom is 0.418 e. The summed E-state index contributed by atoms with van der Waals surface area (Å²) in [4.78, 5) is 1.42. The largest absolute Gasteiger partial charge is 0.418 e. The van der Waals surface area contributed by atoms with Crippen LogP contribution in [0.5, 0.6) is 0 Å². The molecule has 0 aromatic heterocycles. The Kier molecular flexibility index (Phi) is 3.97. The lowest BCUT2D eigenvalue weighted by Crippen LogP contribution is -2.41. The lowest BCUT2D eigenvalue weighted by Gasteiger charge is -2.31. The van der Waals surface area contributed by atoms with Crippen molar-refractivity contribution >= 4 is 15.5 Å². The fraction of sp³-hybridized carbons (Fsp3) is 0.500. The lowest BCUT2D eigenvalue weighted by molar-refractivity contribution is -0.137. The Morgan fingerprint density at radius 3 is 2.30 bits per heavy atom. The zero-order valence-electron chi connectivity index (χ0n) is 10.5. The first kappa shape index (κ1) is 15.1. The van der Waals surface area contributed by atoms with Crippen molar-refractivity contribution in [2.24, 2.45) is 0 Å². The maximum atomic E-state index is 13.0. The molecule has 1 fully saturated rings. The summed E-state index contributed by atoms with van der Waals surface area (Å²) >= 11 is 0. The second-order valence-corrected chi connectivity index (χ2v) is 6.95. The fourth-order valence-corrected chi connectivity index (χ4v) is 3.34. The SMILES string of the molecule is O=S1(=O)CCN(c2ccc(CO)cc2C(F)(F)F)CC1. The maximum absolute atomic E-state index is 13.0. The van der Waals surface area contributed by atoms with Gasteiger partial charge in [0, 0.05) is 18.8 Å². The number of benzene rings is 1. The Morgan fingerprint density at radius 2 is 1.80 bits per heavy atom. The molecule has 1 aliphatic rings. The van der Waals surface area contributed by atoms with Gasteiger partial charge in [-0.2, -0.15) is 13.2 Å². The molecule has 8 heteroatoms. The van der Waals surface area contributed by atoms with E-state index in [4.69, 9.17) is 5.11 Å². The molecule has 1 N–H and O–H groups in total. The van der Waals surface area contributed by atoms with Crippen molar-refractivity contribution in [1.29, 1.82) is 0 Å². The van der Waals surface area contributed by atoms with Crippen LogP contribution in [0, 0.1) is 0 Å². The van der Waals surface area contributed by atoms with Crippen LogP contribution >= 0.6 is 0 Å². The highest BCUT2D eigenvalue weighted by Crippen LogP contribution is 2.37. The van der Waals surface area contributed by atoms with E-state index >= 15 is 0 Å². The number of hydrogen-bond acceptors (Lipinski definition) is 4. The average Bonchev–Trinajstić information content (AvgIpc) is 2.37. The van der Waals surface area contributed by atoms with Crippen LogP contribution < -0.4 is 4.90 Å². The second kappa shape index (κ2) is 5.25. The zero-order chi connectivity index (χ0) is 15.0. The van der Waals surface area contributed by atoms with Gasteiger partial charge in [0.05, 0.1) is 23.7 Å². The predicted molar refractivity (Wildman–Crippen MR) is 68.2 cm³/mol. The number of hydrogen-bond donors (Lipinski definition) is 1. The van der Waals surface area contributed by atoms with Gasteiger partial charge in [-0.25, -0.2) is 8.42 Å². The summed E-state index contributed by atoms with van der Waals surface area (Å²) in [6.07, 6.45) is -4.54. The van der Waals surface area contributed by atoms with Crippen LogP contribution in [0.15, 0.2) is 18.2 Å². The Bertz CT molecular complexity index is 584. The highest BCUT2D eigenvalue weighted by atomic mass is 32.2. The highest BCUT2D eigenvalue weighted by molar-refractivity contribution is 7.91. The van der Waals surface area contributed by atoms with E-state index in [-0.39, 0.29) is 35.8 Å². The van der Waals surface area contributed by atoms with Crippen LogP contribution in [0.1, 0.15) is 11.1 Å². The number of alkyl halides is 3. The van der Waals surface area contributed by atoms with E-state index in [0.717, 1.165) is 6.07 Å². The van der Waals surface area contributed by atoms with Crippen LogP contribution in [-0.4, -0.2) is 38.1 Å². The molecule has 0 bridgehead atoms. The number of sulfone groups is 1. The summed E-state index contributed by atoms with van der Waals surface area (Å²) in [7, 11) is -3.15. The molecule has 0 unspecified atom stereocenters. The number of aliphatic hydroxyl groups is 1. The van der Waals surface area contributed by atoms with Gasteiger partial charge >= 0.3 is 6.18 Å². The molecule has 0 amide bonds. The molecule has 0 aliphatic carbocycles. The van der Waals surface area contributed by atoms with E-state index in [2.05, 4.69) is 0 Å². The van der Waals surface area contributed by atoms with Gasteiger partial charge in [-0.05, 0) is 17.7 Å². The van der Waals surface area contributed by atoms with Gasteiger partial charge in [0.1, 0.15) is 0 Å². The summed E-state index contributed by atoms with van der Waals surface area (Å²) in [5.41, 5.74) is -0.710. The first-order valence-electron chi connectivity index (χ1n) is 5.99. The molecule has 0 radical (unpaired) electrons. The molecule has 1 aromatic carbocycles. The molecule has 1 saturated heterocycles. The first-order valence-corrected chi connectivity index (χ1v) is 7.81. The monoisotopic (exact) mass is 309 g/mol. The van der Waals surface area contributed by atoms with E-state index in [0.29, 0.717) is 0 Å². The van der Waals surface area contributed by atoms with E-state index in [9.17, 15) is 21.6 Å². The topological polar surface area (TPSA) is 57.6 Å². The minimum atomic E-state index is -4.54. The molecule has 2 rings (SSSR count). The van der Waals surface area contributed by atoms with E-state index in [1.54, 1.807) is 0 Å². The van der Waals surface area contributed by atoms with Crippen molar-refractivity contribution < 1.29 is 26.7 Å². The molecule has 20 heavy (non-hydrogen) atoms. The molecule has 1 aromatic rings. The summed E-state index contributed by atoms with van der Waals surface area (Å²) < 4.78 is 61.8. The summed E-state index contributed by atoms with van der Waals surface area (Å²) in [6, 6.07) is 3.60. The number of halogens is 3. The van der Waals surface area contributed by atoms with Gasteiger partial charge in [0.25, 0.3) is 0 Å². The van der Waals surface area contributed by atoms with Gasteiger partial charge in [-0.15, -0.1) is 0 Å². The van der Waals surface area contributed by atoms with E-state index in [1.807, 2.05) is 0 Å². The van der Waals surface area contributed by atoms with Gasteiger partial charge in [-0.3, -0.25) is 0 Å². The van der Waals surface area contributed by atoms with Crippen molar-refractivity contribution in [3.63, 3.8) is 0 Å². The standard InChI is InChI=1S/C12H14F3NO3S/c13-12(14,15)10-7-9(8-17)1-2-11(10)16-3-5-20(18,19)6-4-16/h1-2,7,17H,3-6,8H2. The Morgan fingerprint density at radius 1 is 1.20 bits per heavy atom. The molecule has 4 nitrogen and oxygen atoms in total. The normalized spacial score (nSPS) is 19.1. The van der Waals surface area contributed by atoms with Gasteiger partial charge in [0.15, 0.2) is 9.84 Å². The third kappa shape index (κ3) is 3.24. The highest BCUT2D eigenvalue weighted by Gasteiger charge is 2.36. The molecule has 1 aliphatic heterocycles. The fourth-order valence-electron chi connectivity index (χ4n) is 2.14. The third-order valence-corrected chi connectivity index (χ3v) is 4.84. The summed E-state index contributed by atoms with van der Waals surface area (Å²) in [5.74, 6) is -0.294. The minimum absolute atomic E-state index is 0.0374. The number of nitrogens with zero attached hydrogens (tertiary/aromatic N) is 1. The Balaban J connectivity index is 2.37. The van der Waals surface area contributed by atoms with Crippen LogP contribution in [0.3, 0.4) is 0 Å². The van der Waals surface area contributed by atoms with E-state index < -0.39 is 28.2 Å². The van der Waals surface area contributed by atoms with Crippen LogP contribution in [0.25, 0.3) is 0 Å². The van der Waals surface area contributed by atoms with E-state index in [1.165, 1.54) is 17.0 Å². The van der Waals surface area contributed by atoms with Gasteiger partial charge in [0.2, 0.25) is 0 Å². The third-order valence-electron chi connectivity index (χ3n) is 3.23. The smallest absolute Gasteiger partial charge is 0.392 e. The average molecular weight is 309 g/mol. The number of aliphatic hydroxyl groups excluding tert-OH is 1. The van der Waals surface area contributed by atoms with Crippen LogP contribution in [0.2, 0.25) is 0 Å². The molecule has 112 valence electrons. The first-order chi connectivity index (χ1) is 9.23. The van der Waals surface area contributed by atoms with Crippen molar-refractivity contribution in [3.8, 4) is 0 Å². The molecule has 0 atom stereocenters. The van der Waals surface area contributed by atoms with Crippen molar-refractivity contribution in [1.82, 2.24) is 0 Å². The Labute approximate surface area is 114 Å². The number of rotatable bonds is 2. The molecular formula is C12H14F3NO3S. The van der Waals surface area contributed by atoms with Crippen LogP contribution in [-0.2, 0) is 22.6 Å². The molecular weight excluding hydrogens is 295 g/mol. The summed E-state index contributed by atoms with van der Waals surface area (Å²) in [5, 5.41) is 8.94. The lowest BCUT2D eigenvalue weighted by atomic mass is 10.1. The van der Waals surface area contributed by atoms with Gasteiger partial charge in [-0.1, -0.05) is 6.07 Å². The summed E-state index contributed by atoms with van der Waals surface area (Å²) in [6.45, 7) is -0.383. The number of anilines is 1. The molecule has 0 spiro atoms. The van der Waals surface area contributed by atoms with Crippen molar-refractivity contribution in [2.75, 3.05) is 29.5 Å². The Hall–Kier alpha value is -1.28. The molecule has 0 saturated carbocycles. The van der Waals surface area contributed by atoms with Crippen molar-refractivity contribution in [2.45, 2.75) is 12.8 Å². The quantitative estimate of drug-likeness (QED) is 0.898. The van der Waals surface area contributed by atoms with Gasteiger partial charge < -0.3 is 10.0 Å². The minimum Gasteiger partial charge on any atom is -0.392 e.